The molecule has 0 saturated carbocycles. The van der Waals surface area contributed by atoms with Gasteiger partial charge in [-0.15, -0.1) is 0 Å². The van der Waals surface area contributed by atoms with Gasteiger partial charge in [0.25, 0.3) is 11.6 Å². The molecule has 0 spiro atoms. The zero-order valence-corrected chi connectivity index (χ0v) is 12.5. The summed E-state index contributed by atoms with van der Waals surface area (Å²) < 4.78 is 1.53. The van der Waals surface area contributed by atoms with Gasteiger partial charge in [0.2, 0.25) is 5.91 Å². The Hall–Kier alpha value is -3.23. The summed E-state index contributed by atoms with van der Waals surface area (Å²) in [4.78, 5) is 34.2. The maximum atomic E-state index is 12.1. The predicted octanol–water partition coefficient (Wildman–Crippen LogP) is 1.09. The number of hydrogen-bond acceptors (Lipinski definition) is 5. The van der Waals surface area contributed by atoms with E-state index in [0.717, 1.165) is 6.07 Å². The largest absolute Gasteiger partial charge is 0.341 e. The third kappa shape index (κ3) is 4.13. The number of hydrogen-bond donors (Lipinski definition) is 2. The average Bonchev–Trinajstić information content (AvgIpc) is 2.92. The van der Waals surface area contributed by atoms with E-state index < -0.39 is 22.8 Å². The molecule has 0 aliphatic heterocycles. The molecule has 9 heteroatoms. The highest BCUT2D eigenvalue weighted by atomic mass is 16.6. The zero-order chi connectivity index (χ0) is 17.0. The Labute approximate surface area is 131 Å². The fourth-order valence-corrected chi connectivity index (χ4v) is 1.84. The Morgan fingerprint density at radius 2 is 2.13 bits per heavy atom. The van der Waals surface area contributed by atoms with Crippen molar-refractivity contribution in [2.24, 2.45) is 7.05 Å². The minimum atomic E-state index is -0.818. The van der Waals surface area contributed by atoms with Crippen LogP contribution in [0.5, 0.6) is 0 Å². The molecule has 23 heavy (non-hydrogen) atoms. The van der Waals surface area contributed by atoms with Crippen LogP contribution in [-0.2, 0) is 11.8 Å². The van der Waals surface area contributed by atoms with Crippen molar-refractivity contribution >= 4 is 23.2 Å². The Bertz CT molecular complexity index is 755. The molecule has 1 aromatic carbocycles. The summed E-state index contributed by atoms with van der Waals surface area (Å²) >= 11 is 0. The molecule has 1 unspecified atom stereocenters. The summed E-state index contributed by atoms with van der Waals surface area (Å²) in [6.07, 6.45) is 3.10. The minimum Gasteiger partial charge on any atom is -0.341 e. The van der Waals surface area contributed by atoms with Gasteiger partial charge in [-0.2, -0.15) is 5.10 Å². The van der Waals surface area contributed by atoms with E-state index in [1.165, 1.54) is 36.0 Å². The maximum absolute atomic E-state index is 12.1. The summed E-state index contributed by atoms with van der Waals surface area (Å²) in [5.74, 6) is -0.987. The standard InChI is InChI=1S/C14H15N5O4/c1-9(13(20)17-11-7-15-18(2)8-11)16-14(21)10-4-3-5-12(6-10)19(22)23/h3-9H,1-2H3,(H,16,21)(H,17,20). The number of nitro benzene ring substituents is 1. The number of rotatable bonds is 5. The first-order valence-corrected chi connectivity index (χ1v) is 6.71. The summed E-state index contributed by atoms with van der Waals surface area (Å²) in [7, 11) is 1.71. The Morgan fingerprint density at radius 3 is 2.74 bits per heavy atom. The van der Waals surface area contributed by atoms with Gasteiger partial charge in [0.05, 0.1) is 16.8 Å². The quantitative estimate of drug-likeness (QED) is 0.632. The van der Waals surface area contributed by atoms with E-state index >= 15 is 0 Å². The van der Waals surface area contributed by atoms with E-state index in [-0.39, 0.29) is 11.3 Å². The molecule has 2 amide bonds. The number of amides is 2. The molecule has 9 nitrogen and oxygen atoms in total. The number of nitro groups is 1. The van der Waals surface area contributed by atoms with E-state index in [0.29, 0.717) is 5.69 Å². The Morgan fingerprint density at radius 1 is 1.39 bits per heavy atom. The smallest absolute Gasteiger partial charge is 0.270 e. The van der Waals surface area contributed by atoms with Crippen LogP contribution >= 0.6 is 0 Å². The van der Waals surface area contributed by atoms with Crippen LogP contribution in [0.15, 0.2) is 36.7 Å². The van der Waals surface area contributed by atoms with Gasteiger partial charge >= 0.3 is 0 Å². The van der Waals surface area contributed by atoms with E-state index in [9.17, 15) is 19.7 Å². The van der Waals surface area contributed by atoms with Crippen LogP contribution in [0.2, 0.25) is 0 Å². The van der Waals surface area contributed by atoms with Gasteiger partial charge in [-0.25, -0.2) is 0 Å². The second-order valence-corrected chi connectivity index (χ2v) is 4.89. The average molecular weight is 317 g/mol. The molecular weight excluding hydrogens is 302 g/mol. The van der Waals surface area contributed by atoms with Crippen LogP contribution in [0.3, 0.4) is 0 Å². The van der Waals surface area contributed by atoms with Gasteiger partial charge in [0, 0.05) is 30.9 Å². The minimum absolute atomic E-state index is 0.111. The predicted molar refractivity (Wildman–Crippen MR) is 81.9 cm³/mol. The lowest BCUT2D eigenvalue weighted by Gasteiger charge is -2.13. The highest BCUT2D eigenvalue weighted by Crippen LogP contribution is 2.13. The summed E-state index contributed by atoms with van der Waals surface area (Å²) in [6.45, 7) is 1.51. The SMILES string of the molecule is CC(NC(=O)c1cccc([N+](=O)[O-])c1)C(=O)Nc1cnn(C)c1. The first kappa shape index (κ1) is 16.1. The lowest BCUT2D eigenvalue weighted by molar-refractivity contribution is -0.384. The van der Waals surface area contributed by atoms with Crippen LogP contribution in [0.4, 0.5) is 11.4 Å². The molecule has 1 heterocycles. The van der Waals surface area contributed by atoms with Gasteiger partial charge in [-0.05, 0) is 13.0 Å². The summed E-state index contributed by atoms with van der Waals surface area (Å²) in [5.41, 5.74) is 0.430. The Kier molecular flexibility index (Phi) is 4.69. The fourth-order valence-electron chi connectivity index (χ4n) is 1.84. The molecular formula is C14H15N5O4. The fraction of sp³-hybridized carbons (Fsp3) is 0.214. The van der Waals surface area contributed by atoms with Crippen molar-refractivity contribution in [3.05, 3.63) is 52.3 Å². The van der Waals surface area contributed by atoms with Crippen LogP contribution < -0.4 is 10.6 Å². The molecule has 0 saturated heterocycles. The van der Waals surface area contributed by atoms with Crippen molar-refractivity contribution in [1.29, 1.82) is 0 Å². The molecule has 0 radical (unpaired) electrons. The normalized spacial score (nSPS) is 11.6. The molecule has 1 atom stereocenters. The number of carbonyl (C=O) groups excluding carboxylic acids is 2. The third-order valence-corrected chi connectivity index (χ3v) is 3.03. The number of benzene rings is 1. The molecule has 0 bridgehead atoms. The number of anilines is 1. The van der Waals surface area contributed by atoms with Crippen LogP contribution in [0, 0.1) is 10.1 Å². The van der Waals surface area contributed by atoms with Gasteiger partial charge < -0.3 is 10.6 Å². The third-order valence-electron chi connectivity index (χ3n) is 3.03. The monoisotopic (exact) mass is 317 g/mol. The van der Waals surface area contributed by atoms with Crippen molar-refractivity contribution in [3.8, 4) is 0 Å². The van der Waals surface area contributed by atoms with Crippen molar-refractivity contribution in [1.82, 2.24) is 15.1 Å². The van der Waals surface area contributed by atoms with Gasteiger partial charge in [-0.3, -0.25) is 24.4 Å². The van der Waals surface area contributed by atoms with E-state index in [4.69, 9.17) is 0 Å². The van der Waals surface area contributed by atoms with Crippen molar-refractivity contribution in [2.45, 2.75) is 13.0 Å². The summed E-state index contributed by atoms with van der Waals surface area (Å²) in [5, 5.41) is 19.7. The van der Waals surface area contributed by atoms with E-state index in [1.807, 2.05) is 0 Å². The van der Waals surface area contributed by atoms with Crippen LogP contribution in [0.1, 0.15) is 17.3 Å². The summed E-state index contributed by atoms with van der Waals surface area (Å²) in [6, 6.07) is 4.47. The molecule has 2 rings (SSSR count). The first-order valence-electron chi connectivity index (χ1n) is 6.71. The lowest BCUT2D eigenvalue weighted by atomic mass is 10.1. The second-order valence-electron chi connectivity index (χ2n) is 4.89. The molecule has 2 N–H and O–H groups in total. The number of carbonyl (C=O) groups is 2. The number of aryl methyl sites for hydroxylation is 1. The van der Waals surface area contributed by atoms with Crippen LogP contribution in [0.25, 0.3) is 0 Å². The molecule has 0 aliphatic carbocycles. The Balaban J connectivity index is 2.00. The molecule has 0 fully saturated rings. The number of aromatic nitrogens is 2. The molecule has 2 aromatic rings. The maximum Gasteiger partial charge on any atom is 0.270 e. The van der Waals surface area contributed by atoms with Crippen molar-refractivity contribution in [2.75, 3.05) is 5.32 Å². The van der Waals surface area contributed by atoms with Crippen molar-refractivity contribution < 1.29 is 14.5 Å². The molecule has 0 aliphatic rings. The first-order chi connectivity index (χ1) is 10.9. The van der Waals surface area contributed by atoms with Crippen molar-refractivity contribution in [3.63, 3.8) is 0 Å². The van der Waals surface area contributed by atoms with Gasteiger partial charge in [-0.1, -0.05) is 6.07 Å². The number of nitrogens with one attached hydrogen (secondary N) is 2. The van der Waals surface area contributed by atoms with Gasteiger partial charge in [0.1, 0.15) is 6.04 Å². The lowest BCUT2D eigenvalue weighted by Crippen LogP contribution is -2.41. The molecule has 120 valence electrons. The number of non-ortho nitro benzene ring substituents is 1. The van der Waals surface area contributed by atoms with Gasteiger partial charge in [0.15, 0.2) is 0 Å². The second kappa shape index (κ2) is 6.69. The highest BCUT2D eigenvalue weighted by molar-refractivity contribution is 6.01. The highest BCUT2D eigenvalue weighted by Gasteiger charge is 2.18. The zero-order valence-electron chi connectivity index (χ0n) is 12.5. The van der Waals surface area contributed by atoms with E-state index in [1.54, 1.807) is 13.2 Å². The topological polar surface area (TPSA) is 119 Å². The number of nitrogens with zero attached hydrogens (tertiary/aromatic N) is 3. The molecule has 1 aromatic heterocycles. The van der Waals surface area contributed by atoms with E-state index in [2.05, 4.69) is 15.7 Å². The van der Waals surface area contributed by atoms with Crippen LogP contribution in [-0.4, -0.2) is 32.6 Å².